The molecule has 0 N–H and O–H groups in total. The van der Waals surface area contributed by atoms with Crippen LogP contribution in [0.5, 0.6) is 11.5 Å². The fourth-order valence-corrected chi connectivity index (χ4v) is 3.73. The molecule has 0 radical (unpaired) electrons. The molecule has 1 amide bonds. The number of ether oxygens (including phenoxy) is 2. The summed E-state index contributed by atoms with van der Waals surface area (Å²) in [5.41, 5.74) is 3.01. The summed E-state index contributed by atoms with van der Waals surface area (Å²) in [5, 5.41) is 1.96. The van der Waals surface area contributed by atoms with Crippen molar-refractivity contribution in [2.45, 2.75) is 6.54 Å². The van der Waals surface area contributed by atoms with E-state index in [1.165, 1.54) is 11.3 Å². The lowest BCUT2D eigenvalue weighted by atomic mass is 10.1. The van der Waals surface area contributed by atoms with Gasteiger partial charge in [-0.05, 0) is 34.7 Å². The summed E-state index contributed by atoms with van der Waals surface area (Å²) in [5.74, 6) is 1.34. The molecule has 5 heteroatoms. The fourth-order valence-electron chi connectivity index (χ4n) is 2.82. The van der Waals surface area contributed by atoms with E-state index in [4.69, 9.17) is 9.47 Å². The fraction of sp³-hybridized carbons (Fsp3) is 0.190. The lowest BCUT2D eigenvalue weighted by Crippen LogP contribution is -2.25. The number of hydrogen-bond donors (Lipinski definition) is 0. The molecule has 3 aromatic rings. The Labute approximate surface area is 157 Å². The molecule has 1 aromatic heterocycles. The Hall–Kier alpha value is -2.79. The number of carbonyl (C=O) groups excluding carboxylic acids is 1. The lowest BCUT2D eigenvalue weighted by Gasteiger charge is -2.18. The molecule has 0 atom stereocenters. The van der Waals surface area contributed by atoms with Gasteiger partial charge in [0.1, 0.15) is 0 Å². The van der Waals surface area contributed by atoms with Crippen molar-refractivity contribution < 1.29 is 14.3 Å². The molecule has 0 unspecified atom stereocenters. The van der Waals surface area contributed by atoms with Gasteiger partial charge in [0.25, 0.3) is 5.91 Å². The molecule has 4 nitrogen and oxygen atoms in total. The zero-order chi connectivity index (χ0) is 18.5. The molecule has 2 aromatic carbocycles. The van der Waals surface area contributed by atoms with Crippen molar-refractivity contribution in [2.24, 2.45) is 0 Å². The van der Waals surface area contributed by atoms with E-state index in [2.05, 4.69) is 0 Å². The largest absolute Gasteiger partial charge is 0.493 e. The number of carbonyl (C=O) groups is 1. The summed E-state index contributed by atoms with van der Waals surface area (Å²) >= 11 is 1.47. The third-order valence-corrected chi connectivity index (χ3v) is 5.06. The summed E-state index contributed by atoms with van der Waals surface area (Å²) in [4.78, 5) is 15.4. The van der Waals surface area contributed by atoms with Gasteiger partial charge < -0.3 is 14.4 Å². The topological polar surface area (TPSA) is 38.8 Å². The predicted molar refractivity (Wildman–Crippen MR) is 105 cm³/mol. The minimum Gasteiger partial charge on any atom is -0.493 e. The van der Waals surface area contributed by atoms with Crippen molar-refractivity contribution in [3.63, 3.8) is 0 Å². The molecule has 0 bridgehead atoms. The first-order chi connectivity index (χ1) is 12.6. The monoisotopic (exact) mass is 367 g/mol. The van der Waals surface area contributed by atoms with Crippen LogP contribution < -0.4 is 9.47 Å². The average molecular weight is 367 g/mol. The SMILES string of the molecule is COc1ccc(CN(C)C(=O)c2sccc2-c2ccccc2)cc1OC. The summed E-state index contributed by atoms with van der Waals surface area (Å²) in [6.07, 6.45) is 0. The maximum absolute atomic E-state index is 13.0. The Morgan fingerprint density at radius 2 is 1.73 bits per heavy atom. The summed E-state index contributed by atoms with van der Waals surface area (Å²) in [6.45, 7) is 0.491. The van der Waals surface area contributed by atoms with Gasteiger partial charge in [0, 0.05) is 19.2 Å². The Morgan fingerprint density at radius 1 is 1.00 bits per heavy atom. The highest BCUT2D eigenvalue weighted by Gasteiger charge is 2.19. The van der Waals surface area contributed by atoms with Gasteiger partial charge in [-0.25, -0.2) is 0 Å². The zero-order valence-electron chi connectivity index (χ0n) is 15.1. The summed E-state index contributed by atoms with van der Waals surface area (Å²) in [6, 6.07) is 17.7. The Bertz CT molecular complexity index is 889. The lowest BCUT2D eigenvalue weighted by molar-refractivity contribution is 0.0790. The van der Waals surface area contributed by atoms with E-state index in [-0.39, 0.29) is 5.91 Å². The smallest absolute Gasteiger partial charge is 0.264 e. The second-order valence-electron chi connectivity index (χ2n) is 5.88. The highest BCUT2D eigenvalue weighted by Crippen LogP contribution is 2.31. The summed E-state index contributed by atoms with van der Waals surface area (Å²) in [7, 11) is 5.02. The zero-order valence-corrected chi connectivity index (χ0v) is 15.9. The third kappa shape index (κ3) is 3.73. The molecule has 134 valence electrons. The Morgan fingerprint density at radius 3 is 2.42 bits per heavy atom. The standard InChI is InChI=1S/C21H21NO3S/c1-22(14-15-9-10-18(24-2)19(13-15)25-3)21(23)20-17(11-12-26-20)16-7-5-4-6-8-16/h4-13H,14H2,1-3H3. The van der Waals surface area contributed by atoms with Gasteiger partial charge in [0.2, 0.25) is 0 Å². The van der Waals surface area contributed by atoms with Gasteiger partial charge in [0.05, 0.1) is 19.1 Å². The van der Waals surface area contributed by atoms with E-state index in [1.807, 2.05) is 67.0 Å². The van der Waals surface area contributed by atoms with Crippen molar-refractivity contribution in [2.75, 3.05) is 21.3 Å². The van der Waals surface area contributed by atoms with Crippen LogP contribution in [0.15, 0.2) is 60.0 Å². The van der Waals surface area contributed by atoms with Crippen LogP contribution in [-0.4, -0.2) is 32.1 Å². The number of rotatable bonds is 6. The van der Waals surface area contributed by atoms with Gasteiger partial charge in [0.15, 0.2) is 11.5 Å². The number of thiophene rings is 1. The van der Waals surface area contributed by atoms with E-state index in [0.717, 1.165) is 21.6 Å². The highest BCUT2D eigenvalue weighted by molar-refractivity contribution is 7.12. The molecular formula is C21H21NO3S. The second-order valence-corrected chi connectivity index (χ2v) is 6.80. The molecule has 0 saturated heterocycles. The minimum atomic E-state index is 0.00800. The van der Waals surface area contributed by atoms with E-state index < -0.39 is 0 Å². The molecule has 3 rings (SSSR count). The number of hydrogen-bond acceptors (Lipinski definition) is 4. The maximum Gasteiger partial charge on any atom is 0.264 e. The number of amides is 1. The van der Waals surface area contributed by atoms with Gasteiger partial charge in [-0.2, -0.15) is 0 Å². The average Bonchev–Trinajstić information content (AvgIpc) is 3.17. The molecular weight excluding hydrogens is 346 g/mol. The molecule has 1 heterocycles. The van der Waals surface area contributed by atoms with Crippen molar-refractivity contribution in [3.8, 4) is 22.6 Å². The van der Waals surface area contributed by atoms with Crippen LogP contribution in [0.2, 0.25) is 0 Å². The van der Waals surface area contributed by atoms with Crippen molar-refractivity contribution in [1.82, 2.24) is 4.90 Å². The van der Waals surface area contributed by atoms with Crippen molar-refractivity contribution in [1.29, 1.82) is 0 Å². The number of benzene rings is 2. The van der Waals surface area contributed by atoms with Crippen LogP contribution in [0, 0.1) is 0 Å². The van der Waals surface area contributed by atoms with E-state index in [1.54, 1.807) is 19.1 Å². The third-order valence-electron chi connectivity index (χ3n) is 4.16. The number of methoxy groups -OCH3 is 2. The van der Waals surface area contributed by atoms with Gasteiger partial charge >= 0.3 is 0 Å². The van der Waals surface area contributed by atoms with Crippen molar-refractivity contribution in [3.05, 3.63) is 70.4 Å². The molecule has 0 fully saturated rings. The van der Waals surface area contributed by atoms with Gasteiger partial charge in [-0.3, -0.25) is 4.79 Å². The first-order valence-electron chi connectivity index (χ1n) is 8.23. The van der Waals surface area contributed by atoms with E-state index in [0.29, 0.717) is 18.0 Å². The second kappa shape index (κ2) is 8.06. The Kier molecular flexibility index (Phi) is 5.58. The maximum atomic E-state index is 13.0. The first kappa shape index (κ1) is 18.0. The van der Waals surface area contributed by atoms with Gasteiger partial charge in [-0.15, -0.1) is 11.3 Å². The van der Waals surface area contributed by atoms with E-state index >= 15 is 0 Å². The number of nitrogens with zero attached hydrogens (tertiary/aromatic N) is 1. The Balaban J connectivity index is 1.80. The molecule has 0 spiro atoms. The summed E-state index contributed by atoms with van der Waals surface area (Å²) < 4.78 is 10.6. The van der Waals surface area contributed by atoms with Crippen LogP contribution in [0.3, 0.4) is 0 Å². The molecule has 26 heavy (non-hydrogen) atoms. The molecule has 0 aliphatic carbocycles. The molecule has 0 aliphatic rings. The van der Waals surface area contributed by atoms with Crippen molar-refractivity contribution >= 4 is 17.2 Å². The predicted octanol–water partition coefficient (Wildman–Crippen LogP) is 4.70. The molecule has 0 saturated carbocycles. The van der Waals surface area contributed by atoms with Gasteiger partial charge in [-0.1, -0.05) is 36.4 Å². The minimum absolute atomic E-state index is 0.00800. The molecule has 0 aliphatic heterocycles. The van der Waals surface area contributed by atoms with E-state index in [9.17, 15) is 4.79 Å². The van der Waals surface area contributed by atoms with Crippen LogP contribution in [0.4, 0.5) is 0 Å². The first-order valence-corrected chi connectivity index (χ1v) is 9.11. The normalized spacial score (nSPS) is 10.4. The van der Waals surface area contributed by atoms with Crippen LogP contribution in [0.25, 0.3) is 11.1 Å². The van der Waals surface area contributed by atoms with Crippen LogP contribution in [0.1, 0.15) is 15.2 Å². The van der Waals surface area contributed by atoms with Crippen LogP contribution in [-0.2, 0) is 6.54 Å². The quantitative estimate of drug-likeness (QED) is 0.634. The van der Waals surface area contributed by atoms with Crippen LogP contribution >= 0.6 is 11.3 Å². The highest BCUT2D eigenvalue weighted by atomic mass is 32.1.